The Kier molecular flexibility index (Phi) is 4.68. The second kappa shape index (κ2) is 4.74. The Labute approximate surface area is 59.6 Å². The molecule has 2 heteroatoms. The first kappa shape index (κ1) is 8.89. The van der Waals surface area contributed by atoms with Crippen LogP contribution in [-0.4, -0.2) is 9.96 Å². The summed E-state index contributed by atoms with van der Waals surface area (Å²) < 4.78 is 10.7. The molecule has 0 aromatic rings. The summed E-state index contributed by atoms with van der Waals surface area (Å²) >= 11 is 0. The molecule has 0 radical (unpaired) electrons. The predicted molar refractivity (Wildman–Crippen MR) is 42.7 cm³/mol. The fraction of sp³-hybridized carbons (Fsp3) is 0.714. The van der Waals surface area contributed by atoms with Gasteiger partial charge < -0.3 is 0 Å². The topological polar surface area (TPSA) is 17.1 Å². The molecule has 0 rings (SSSR count). The lowest BCUT2D eigenvalue weighted by Gasteiger charge is -1.99. The van der Waals surface area contributed by atoms with Crippen molar-refractivity contribution < 1.29 is 4.21 Å². The lowest BCUT2D eigenvalue weighted by Crippen LogP contribution is -1.97. The molecular weight excluding hydrogens is 132 g/mol. The third kappa shape index (κ3) is 5.77. The zero-order valence-electron chi connectivity index (χ0n) is 6.09. The third-order valence-electron chi connectivity index (χ3n) is 1.08. The van der Waals surface area contributed by atoms with Gasteiger partial charge >= 0.3 is 0 Å². The van der Waals surface area contributed by atoms with Gasteiger partial charge in [0.2, 0.25) is 0 Å². The van der Waals surface area contributed by atoms with Crippen LogP contribution in [0.15, 0.2) is 12.0 Å². The summed E-state index contributed by atoms with van der Waals surface area (Å²) in [4.78, 5) is 0. The monoisotopic (exact) mass is 146 g/mol. The van der Waals surface area contributed by atoms with E-state index in [1.165, 1.54) is 5.41 Å². The molecule has 0 heterocycles. The van der Waals surface area contributed by atoms with Gasteiger partial charge in [-0.2, -0.15) is 0 Å². The van der Waals surface area contributed by atoms with Gasteiger partial charge in [-0.05, 0) is 17.7 Å². The van der Waals surface area contributed by atoms with E-state index in [1.54, 1.807) is 0 Å². The summed E-state index contributed by atoms with van der Waals surface area (Å²) in [5, 5.41) is 1.50. The van der Waals surface area contributed by atoms with Gasteiger partial charge in [-0.15, -0.1) is 0 Å². The van der Waals surface area contributed by atoms with Crippen LogP contribution < -0.4 is 0 Å². The van der Waals surface area contributed by atoms with Crippen molar-refractivity contribution >= 4 is 10.8 Å². The van der Waals surface area contributed by atoms with Crippen LogP contribution in [0.5, 0.6) is 0 Å². The van der Waals surface area contributed by atoms with Gasteiger partial charge in [0.05, 0.1) is 0 Å². The SMILES string of the molecule is C=CS(=O)CCC(C)C. The molecular formula is C7H14OS. The minimum Gasteiger partial charge on any atom is -0.255 e. The van der Waals surface area contributed by atoms with E-state index in [0.29, 0.717) is 5.92 Å². The zero-order chi connectivity index (χ0) is 7.28. The summed E-state index contributed by atoms with van der Waals surface area (Å²) in [5.74, 6) is 1.41. The Morgan fingerprint density at radius 1 is 1.67 bits per heavy atom. The molecule has 0 aromatic carbocycles. The summed E-state index contributed by atoms with van der Waals surface area (Å²) in [5.41, 5.74) is 0. The molecule has 1 atom stereocenters. The van der Waals surface area contributed by atoms with Crippen LogP contribution in [0.1, 0.15) is 20.3 Å². The first-order valence-electron chi connectivity index (χ1n) is 3.16. The zero-order valence-corrected chi connectivity index (χ0v) is 6.91. The minimum atomic E-state index is -0.784. The average Bonchev–Trinajstić information content (AvgIpc) is 1.83. The van der Waals surface area contributed by atoms with Gasteiger partial charge in [0.25, 0.3) is 0 Å². The van der Waals surface area contributed by atoms with Gasteiger partial charge in [0.15, 0.2) is 0 Å². The van der Waals surface area contributed by atoms with Crippen LogP contribution in [0.4, 0.5) is 0 Å². The lowest BCUT2D eigenvalue weighted by molar-refractivity contribution is 0.621. The van der Waals surface area contributed by atoms with E-state index >= 15 is 0 Å². The summed E-state index contributed by atoms with van der Waals surface area (Å²) in [6.07, 6.45) is 1.03. The summed E-state index contributed by atoms with van der Waals surface area (Å²) in [6, 6.07) is 0. The van der Waals surface area contributed by atoms with E-state index in [-0.39, 0.29) is 0 Å². The van der Waals surface area contributed by atoms with E-state index in [9.17, 15) is 4.21 Å². The van der Waals surface area contributed by atoms with Gasteiger partial charge in [0, 0.05) is 16.6 Å². The van der Waals surface area contributed by atoms with Crippen molar-refractivity contribution in [2.45, 2.75) is 20.3 Å². The highest BCUT2D eigenvalue weighted by atomic mass is 32.2. The smallest absolute Gasteiger partial charge is 0.0450 e. The third-order valence-corrected chi connectivity index (χ3v) is 2.09. The molecule has 1 nitrogen and oxygen atoms in total. The molecule has 0 aliphatic carbocycles. The van der Waals surface area contributed by atoms with Crippen molar-refractivity contribution in [3.05, 3.63) is 12.0 Å². The molecule has 0 aliphatic rings. The minimum absolute atomic E-state index is 0.647. The Balaban J connectivity index is 3.27. The predicted octanol–water partition coefficient (Wildman–Crippen LogP) is 1.92. The van der Waals surface area contributed by atoms with Crippen LogP contribution in [0.25, 0.3) is 0 Å². The largest absolute Gasteiger partial charge is 0.255 e. The normalized spacial score (nSPS) is 13.7. The summed E-state index contributed by atoms with van der Waals surface area (Å²) in [6.45, 7) is 7.69. The van der Waals surface area contributed by atoms with Gasteiger partial charge in [0.1, 0.15) is 0 Å². The van der Waals surface area contributed by atoms with Crippen molar-refractivity contribution in [3.8, 4) is 0 Å². The molecule has 0 bridgehead atoms. The Morgan fingerprint density at radius 2 is 2.22 bits per heavy atom. The molecule has 1 unspecified atom stereocenters. The first-order valence-corrected chi connectivity index (χ1v) is 4.54. The number of hydrogen-bond donors (Lipinski definition) is 0. The van der Waals surface area contributed by atoms with Crippen LogP contribution in [0, 0.1) is 5.92 Å². The molecule has 0 saturated carbocycles. The Bertz CT molecular complexity index is 107. The van der Waals surface area contributed by atoms with Crippen molar-refractivity contribution in [1.82, 2.24) is 0 Å². The van der Waals surface area contributed by atoms with Crippen LogP contribution >= 0.6 is 0 Å². The molecule has 0 N–H and O–H groups in total. The molecule has 54 valence electrons. The molecule has 0 spiro atoms. The highest BCUT2D eigenvalue weighted by molar-refractivity contribution is 7.87. The lowest BCUT2D eigenvalue weighted by atomic mass is 10.2. The molecule has 9 heavy (non-hydrogen) atoms. The van der Waals surface area contributed by atoms with Crippen molar-refractivity contribution in [2.24, 2.45) is 5.92 Å². The Morgan fingerprint density at radius 3 is 2.56 bits per heavy atom. The van der Waals surface area contributed by atoms with E-state index in [0.717, 1.165) is 12.2 Å². The standard InChI is InChI=1S/C7H14OS/c1-4-9(8)6-5-7(2)3/h4,7H,1,5-6H2,2-3H3. The molecule has 0 amide bonds. The Hall–Kier alpha value is -0.110. The van der Waals surface area contributed by atoms with Crippen molar-refractivity contribution in [1.29, 1.82) is 0 Å². The highest BCUT2D eigenvalue weighted by Crippen LogP contribution is 2.00. The first-order chi connectivity index (χ1) is 4.16. The molecule has 0 saturated heterocycles. The van der Waals surface area contributed by atoms with Gasteiger partial charge in [-0.1, -0.05) is 20.4 Å². The maximum absolute atomic E-state index is 10.7. The fourth-order valence-electron chi connectivity index (χ4n) is 0.435. The summed E-state index contributed by atoms with van der Waals surface area (Å²) in [7, 11) is -0.784. The molecule has 0 aromatic heterocycles. The highest BCUT2D eigenvalue weighted by Gasteiger charge is 1.95. The average molecular weight is 146 g/mol. The van der Waals surface area contributed by atoms with Crippen molar-refractivity contribution in [3.63, 3.8) is 0 Å². The van der Waals surface area contributed by atoms with Crippen molar-refractivity contribution in [2.75, 3.05) is 5.75 Å². The number of hydrogen-bond acceptors (Lipinski definition) is 1. The number of rotatable bonds is 4. The second-order valence-electron chi connectivity index (χ2n) is 2.43. The molecule has 0 aliphatic heterocycles. The van der Waals surface area contributed by atoms with E-state index < -0.39 is 10.8 Å². The maximum Gasteiger partial charge on any atom is 0.0450 e. The molecule has 0 fully saturated rings. The van der Waals surface area contributed by atoms with Crippen LogP contribution in [0.2, 0.25) is 0 Å². The van der Waals surface area contributed by atoms with E-state index in [1.807, 2.05) is 0 Å². The van der Waals surface area contributed by atoms with E-state index in [4.69, 9.17) is 0 Å². The second-order valence-corrected chi connectivity index (χ2v) is 3.94. The maximum atomic E-state index is 10.7. The quantitative estimate of drug-likeness (QED) is 0.592. The van der Waals surface area contributed by atoms with Crippen LogP contribution in [0.3, 0.4) is 0 Å². The van der Waals surface area contributed by atoms with E-state index in [2.05, 4.69) is 20.4 Å². The van der Waals surface area contributed by atoms with Gasteiger partial charge in [-0.25, -0.2) is 0 Å². The fourth-order valence-corrected chi connectivity index (χ4v) is 1.31. The van der Waals surface area contributed by atoms with Gasteiger partial charge in [-0.3, -0.25) is 4.21 Å². The van der Waals surface area contributed by atoms with Crippen LogP contribution in [-0.2, 0) is 10.8 Å².